The molecule has 94 valence electrons. The van der Waals surface area contributed by atoms with Crippen molar-refractivity contribution in [2.75, 3.05) is 19.7 Å². The van der Waals surface area contributed by atoms with Gasteiger partial charge in [-0.05, 0) is 27.2 Å². The monoisotopic (exact) mass is 230 g/mol. The minimum absolute atomic E-state index is 0.0143. The summed E-state index contributed by atoms with van der Waals surface area (Å²) in [5.74, 6) is -0.0405. The van der Waals surface area contributed by atoms with Gasteiger partial charge in [0, 0.05) is 31.7 Å². The van der Waals surface area contributed by atoms with Crippen molar-refractivity contribution in [1.29, 1.82) is 0 Å². The van der Waals surface area contributed by atoms with Crippen LogP contribution >= 0.6 is 0 Å². The molecule has 1 aliphatic heterocycles. The van der Waals surface area contributed by atoms with E-state index in [4.69, 9.17) is 15.6 Å². The number of carbonyl (C=O) groups is 1. The summed E-state index contributed by atoms with van der Waals surface area (Å²) >= 11 is 0. The summed E-state index contributed by atoms with van der Waals surface area (Å²) in [5, 5.41) is 9.13. The first-order chi connectivity index (χ1) is 7.33. The summed E-state index contributed by atoms with van der Waals surface area (Å²) in [6.45, 7) is 6.61. The molecular formula is C11H22N2O3. The van der Waals surface area contributed by atoms with Gasteiger partial charge in [0.05, 0.1) is 0 Å². The van der Waals surface area contributed by atoms with Gasteiger partial charge in [-0.25, -0.2) is 4.79 Å². The Hall–Kier alpha value is -0.810. The molecule has 0 aromatic rings. The number of amides is 1. The molecule has 2 atom stereocenters. The number of carbonyl (C=O) groups excluding carboxylic acids is 1. The van der Waals surface area contributed by atoms with Crippen LogP contribution in [0.1, 0.15) is 27.2 Å². The van der Waals surface area contributed by atoms with Gasteiger partial charge in [-0.1, -0.05) is 0 Å². The van der Waals surface area contributed by atoms with E-state index in [9.17, 15) is 4.79 Å². The number of nitrogens with zero attached hydrogens (tertiary/aromatic N) is 1. The zero-order valence-corrected chi connectivity index (χ0v) is 10.3. The molecule has 1 rings (SSSR count). The number of rotatable bonds is 1. The molecule has 5 heteroatoms. The molecule has 1 fully saturated rings. The van der Waals surface area contributed by atoms with Crippen LogP contribution in [0.15, 0.2) is 0 Å². The maximum atomic E-state index is 11.8. The third-order valence-corrected chi connectivity index (χ3v) is 2.68. The van der Waals surface area contributed by atoms with Crippen LogP contribution in [0.2, 0.25) is 0 Å². The summed E-state index contributed by atoms with van der Waals surface area (Å²) in [7, 11) is 0. The molecule has 5 nitrogen and oxygen atoms in total. The molecule has 0 aromatic heterocycles. The highest BCUT2D eigenvalue weighted by atomic mass is 16.6. The lowest BCUT2D eigenvalue weighted by molar-refractivity contribution is 0.0107. The maximum Gasteiger partial charge on any atom is 0.410 e. The fraction of sp³-hybridized carbons (Fsp3) is 0.909. The van der Waals surface area contributed by atoms with Gasteiger partial charge < -0.3 is 20.5 Å². The number of nitrogens with two attached hydrogens (primary N) is 1. The number of aliphatic hydroxyl groups excluding tert-OH is 1. The Balaban J connectivity index is 2.52. The van der Waals surface area contributed by atoms with Crippen LogP contribution < -0.4 is 5.73 Å². The highest BCUT2D eigenvalue weighted by Gasteiger charge is 2.31. The van der Waals surface area contributed by atoms with E-state index in [1.54, 1.807) is 4.90 Å². The minimum atomic E-state index is -0.481. The Bertz CT molecular complexity index is 250. The van der Waals surface area contributed by atoms with Crippen molar-refractivity contribution in [3.05, 3.63) is 0 Å². The zero-order valence-electron chi connectivity index (χ0n) is 10.3. The Kier molecular flexibility index (Phi) is 4.15. The van der Waals surface area contributed by atoms with Gasteiger partial charge in [-0.15, -0.1) is 0 Å². The fourth-order valence-electron chi connectivity index (χ4n) is 1.74. The number of piperidine rings is 1. The largest absolute Gasteiger partial charge is 0.444 e. The van der Waals surface area contributed by atoms with Gasteiger partial charge in [0.1, 0.15) is 5.60 Å². The SMILES string of the molecule is CC(C)(C)OC(=O)N1CC[C@@H](N)[C@@H](CO)C1. The fourth-order valence-corrected chi connectivity index (χ4v) is 1.74. The van der Waals surface area contributed by atoms with E-state index < -0.39 is 5.60 Å². The second-order valence-electron chi connectivity index (χ2n) is 5.32. The minimum Gasteiger partial charge on any atom is -0.444 e. The lowest BCUT2D eigenvalue weighted by Crippen LogP contribution is -2.51. The van der Waals surface area contributed by atoms with Crippen LogP contribution in [-0.2, 0) is 4.74 Å². The summed E-state index contributed by atoms with van der Waals surface area (Å²) in [5.41, 5.74) is 5.36. The van der Waals surface area contributed by atoms with Crippen molar-refractivity contribution in [2.45, 2.75) is 38.8 Å². The topological polar surface area (TPSA) is 75.8 Å². The standard InChI is InChI=1S/C11H22N2O3/c1-11(2,3)16-10(15)13-5-4-9(12)8(6-13)7-14/h8-9,14H,4-7,12H2,1-3H3/t8-,9-/m1/s1. The molecule has 0 bridgehead atoms. The quantitative estimate of drug-likeness (QED) is 0.690. The van der Waals surface area contributed by atoms with E-state index in [1.807, 2.05) is 20.8 Å². The summed E-state index contributed by atoms with van der Waals surface area (Å²) in [6, 6.07) is -0.0244. The summed E-state index contributed by atoms with van der Waals surface area (Å²) in [6.07, 6.45) is 0.391. The zero-order chi connectivity index (χ0) is 12.3. The normalized spacial score (nSPS) is 26.7. The van der Waals surface area contributed by atoms with Gasteiger partial charge in [-0.2, -0.15) is 0 Å². The number of likely N-dealkylation sites (tertiary alicyclic amines) is 1. The number of aliphatic hydroxyl groups is 1. The summed E-state index contributed by atoms with van der Waals surface area (Å²) < 4.78 is 5.27. The lowest BCUT2D eigenvalue weighted by Gasteiger charge is -2.36. The van der Waals surface area contributed by atoms with Gasteiger partial charge in [0.15, 0.2) is 0 Å². The van der Waals surface area contributed by atoms with Gasteiger partial charge in [0.25, 0.3) is 0 Å². The molecule has 3 N–H and O–H groups in total. The third kappa shape index (κ3) is 3.64. The van der Waals surface area contributed by atoms with Crippen LogP contribution in [0.3, 0.4) is 0 Å². The van der Waals surface area contributed by atoms with Crippen molar-refractivity contribution >= 4 is 6.09 Å². The Labute approximate surface area is 96.6 Å². The van der Waals surface area contributed by atoms with Gasteiger partial charge >= 0.3 is 6.09 Å². The molecular weight excluding hydrogens is 208 g/mol. The molecule has 0 saturated carbocycles. The molecule has 16 heavy (non-hydrogen) atoms. The highest BCUT2D eigenvalue weighted by Crippen LogP contribution is 2.18. The van der Waals surface area contributed by atoms with Crippen LogP contribution in [0.4, 0.5) is 4.79 Å². The Morgan fingerprint density at radius 1 is 1.56 bits per heavy atom. The second-order valence-corrected chi connectivity index (χ2v) is 5.32. The number of ether oxygens (including phenoxy) is 1. The third-order valence-electron chi connectivity index (χ3n) is 2.68. The highest BCUT2D eigenvalue weighted by molar-refractivity contribution is 5.68. The van der Waals surface area contributed by atoms with E-state index in [0.717, 1.165) is 0 Å². The van der Waals surface area contributed by atoms with E-state index in [1.165, 1.54) is 0 Å². The van der Waals surface area contributed by atoms with Crippen LogP contribution in [0, 0.1) is 5.92 Å². The first-order valence-electron chi connectivity index (χ1n) is 5.68. The molecule has 1 heterocycles. The average molecular weight is 230 g/mol. The molecule has 0 spiro atoms. The van der Waals surface area contributed by atoms with Crippen LogP contribution in [-0.4, -0.2) is 47.4 Å². The first-order valence-corrected chi connectivity index (χ1v) is 5.68. The first kappa shape index (κ1) is 13.3. The van der Waals surface area contributed by atoms with E-state index in [2.05, 4.69) is 0 Å². The molecule has 1 saturated heterocycles. The van der Waals surface area contributed by atoms with Gasteiger partial charge in [0.2, 0.25) is 0 Å². The molecule has 0 radical (unpaired) electrons. The van der Waals surface area contributed by atoms with Crippen molar-refractivity contribution < 1.29 is 14.6 Å². The smallest absolute Gasteiger partial charge is 0.410 e. The van der Waals surface area contributed by atoms with Crippen LogP contribution in [0.25, 0.3) is 0 Å². The predicted molar refractivity (Wildman–Crippen MR) is 61.0 cm³/mol. The van der Waals surface area contributed by atoms with Crippen molar-refractivity contribution in [1.82, 2.24) is 4.90 Å². The second kappa shape index (κ2) is 5.01. The Morgan fingerprint density at radius 2 is 2.19 bits per heavy atom. The number of hydrogen-bond acceptors (Lipinski definition) is 4. The maximum absolute atomic E-state index is 11.8. The van der Waals surface area contributed by atoms with E-state index >= 15 is 0 Å². The lowest BCUT2D eigenvalue weighted by atomic mass is 9.94. The average Bonchev–Trinajstić information content (AvgIpc) is 2.15. The molecule has 0 aliphatic carbocycles. The van der Waals surface area contributed by atoms with Crippen molar-refractivity contribution in [3.63, 3.8) is 0 Å². The molecule has 1 aliphatic rings. The van der Waals surface area contributed by atoms with Crippen molar-refractivity contribution in [2.24, 2.45) is 11.7 Å². The molecule has 1 amide bonds. The van der Waals surface area contributed by atoms with E-state index in [-0.39, 0.29) is 24.7 Å². The molecule has 0 unspecified atom stereocenters. The molecule has 0 aromatic carbocycles. The van der Waals surface area contributed by atoms with Gasteiger partial charge in [-0.3, -0.25) is 0 Å². The summed E-state index contributed by atoms with van der Waals surface area (Å²) in [4.78, 5) is 13.4. The van der Waals surface area contributed by atoms with Crippen LogP contribution in [0.5, 0.6) is 0 Å². The number of hydrogen-bond donors (Lipinski definition) is 2. The van der Waals surface area contributed by atoms with Crippen molar-refractivity contribution in [3.8, 4) is 0 Å². The predicted octanol–water partition coefficient (Wildman–Crippen LogP) is 0.563. The Morgan fingerprint density at radius 3 is 2.69 bits per heavy atom. The van der Waals surface area contributed by atoms with E-state index in [0.29, 0.717) is 19.5 Å².